The SMILES string of the molecule is C/C=C/CC1=C(C)[C@H](OC(=O)[C@H]2[C@@H](C=C(C)C)C2(C)C)CC1=O. The van der Waals surface area contributed by atoms with Crippen molar-refractivity contribution in [2.75, 3.05) is 0 Å². The van der Waals surface area contributed by atoms with E-state index in [1.165, 1.54) is 5.57 Å². The second-order valence-corrected chi connectivity index (χ2v) is 7.56. The van der Waals surface area contributed by atoms with Crippen LogP contribution in [0.25, 0.3) is 0 Å². The van der Waals surface area contributed by atoms with Crippen LogP contribution >= 0.6 is 0 Å². The Kier molecular flexibility index (Phi) is 4.98. The Balaban J connectivity index is 2.06. The van der Waals surface area contributed by atoms with Crippen LogP contribution in [-0.4, -0.2) is 17.9 Å². The van der Waals surface area contributed by atoms with E-state index in [4.69, 9.17) is 4.74 Å². The third kappa shape index (κ3) is 3.49. The molecule has 1 saturated carbocycles. The average molecular weight is 316 g/mol. The van der Waals surface area contributed by atoms with Gasteiger partial charge in [0, 0.05) is 5.57 Å². The van der Waals surface area contributed by atoms with Crippen LogP contribution < -0.4 is 0 Å². The molecular formula is C20H28O3. The minimum absolute atomic E-state index is 0.0532. The number of carbonyl (C=O) groups is 2. The zero-order valence-corrected chi connectivity index (χ0v) is 15.1. The van der Waals surface area contributed by atoms with Gasteiger partial charge in [-0.3, -0.25) is 9.59 Å². The van der Waals surface area contributed by atoms with Crippen LogP contribution in [0.5, 0.6) is 0 Å². The molecule has 23 heavy (non-hydrogen) atoms. The summed E-state index contributed by atoms with van der Waals surface area (Å²) in [6.07, 6.45) is 6.61. The van der Waals surface area contributed by atoms with E-state index in [1.807, 2.05) is 39.8 Å². The molecule has 0 N–H and O–H groups in total. The van der Waals surface area contributed by atoms with Gasteiger partial charge in [-0.2, -0.15) is 0 Å². The van der Waals surface area contributed by atoms with Crippen LogP contribution in [0.1, 0.15) is 54.4 Å². The van der Waals surface area contributed by atoms with E-state index in [9.17, 15) is 9.59 Å². The van der Waals surface area contributed by atoms with Gasteiger partial charge in [-0.05, 0) is 51.0 Å². The van der Waals surface area contributed by atoms with E-state index < -0.39 is 0 Å². The molecule has 3 atom stereocenters. The number of allylic oxidation sites excluding steroid dienone is 5. The normalized spacial score (nSPS) is 29.1. The molecule has 0 aromatic carbocycles. The van der Waals surface area contributed by atoms with Gasteiger partial charge in [-0.1, -0.05) is 37.6 Å². The third-order valence-electron chi connectivity index (χ3n) is 5.16. The molecule has 126 valence electrons. The zero-order valence-electron chi connectivity index (χ0n) is 15.1. The van der Waals surface area contributed by atoms with Gasteiger partial charge in [0.25, 0.3) is 0 Å². The highest BCUT2D eigenvalue weighted by atomic mass is 16.5. The van der Waals surface area contributed by atoms with Gasteiger partial charge in [0.05, 0.1) is 12.3 Å². The number of ether oxygens (including phenoxy) is 1. The Morgan fingerprint density at radius 3 is 2.57 bits per heavy atom. The molecule has 0 saturated heterocycles. The van der Waals surface area contributed by atoms with Gasteiger partial charge in [0.1, 0.15) is 6.10 Å². The molecule has 2 aliphatic rings. The monoisotopic (exact) mass is 316 g/mol. The highest BCUT2D eigenvalue weighted by Gasteiger charge is 2.61. The first-order valence-corrected chi connectivity index (χ1v) is 8.39. The van der Waals surface area contributed by atoms with E-state index in [-0.39, 0.29) is 35.1 Å². The Morgan fingerprint density at radius 2 is 2.00 bits per heavy atom. The molecule has 0 aliphatic heterocycles. The lowest BCUT2D eigenvalue weighted by Gasteiger charge is -2.13. The zero-order chi connectivity index (χ0) is 17.4. The summed E-state index contributed by atoms with van der Waals surface area (Å²) in [6.45, 7) is 12.1. The van der Waals surface area contributed by atoms with Crippen molar-refractivity contribution in [1.29, 1.82) is 0 Å². The smallest absolute Gasteiger partial charge is 0.310 e. The summed E-state index contributed by atoms with van der Waals surface area (Å²) in [7, 11) is 0. The van der Waals surface area contributed by atoms with Crippen molar-refractivity contribution in [3.8, 4) is 0 Å². The predicted molar refractivity (Wildman–Crippen MR) is 91.8 cm³/mol. The van der Waals surface area contributed by atoms with E-state index >= 15 is 0 Å². The fourth-order valence-electron chi connectivity index (χ4n) is 3.51. The number of ketones is 1. The van der Waals surface area contributed by atoms with Crippen LogP contribution in [0.2, 0.25) is 0 Å². The largest absolute Gasteiger partial charge is 0.457 e. The Hall–Kier alpha value is -1.64. The molecule has 0 bridgehead atoms. The van der Waals surface area contributed by atoms with E-state index in [0.29, 0.717) is 12.8 Å². The van der Waals surface area contributed by atoms with Crippen molar-refractivity contribution in [2.24, 2.45) is 17.3 Å². The first-order chi connectivity index (χ1) is 10.7. The maximum Gasteiger partial charge on any atom is 0.310 e. The van der Waals surface area contributed by atoms with Crippen molar-refractivity contribution in [2.45, 2.75) is 60.5 Å². The molecule has 0 aromatic rings. The van der Waals surface area contributed by atoms with Crippen LogP contribution in [0.4, 0.5) is 0 Å². The third-order valence-corrected chi connectivity index (χ3v) is 5.16. The van der Waals surface area contributed by atoms with E-state index in [2.05, 4.69) is 19.9 Å². The summed E-state index contributed by atoms with van der Waals surface area (Å²) >= 11 is 0. The lowest BCUT2D eigenvalue weighted by Crippen LogP contribution is -2.20. The van der Waals surface area contributed by atoms with E-state index in [0.717, 1.165) is 11.1 Å². The van der Waals surface area contributed by atoms with Crippen LogP contribution in [0.3, 0.4) is 0 Å². The number of hydrogen-bond acceptors (Lipinski definition) is 3. The highest BCUT2D eigenvalue weighted by molar-refractivity contribution is 6.00. The highest BCUT2D eigenvalue weighted by Crippen LogP contribution is 2.60. The summed E-state index contributed by atoms with van der Waals surface area (Å²) in [4.78, 5) is 24.7. The predicted octanol–water partition coefficient (Wildman–Crippen LogP) is 4.39. The van der Waals surface area contributed by atoms with Gasteiger partial charge in [0.2, 0.25) is 0 Å². The maximum atomic E-state index is 12.5. The first-order valence-electron chi connectivity index (χ1n) is 8.39. The number of esters is 1. The van der Waals surface area contributed by atoms with Gasteiger partial charge in [0.15, 0.2) is 5.78 Å². The molecule has 2 rings (SSSR count). The molecule has 2 aliphatic carbocycles. The van der Waals surface area contributed by atoms with Gasteiger partial charge in [-0.25, -0.2) is 0 Å². The van der Waals surface area contributed by atoms with Crippen molar-refractivity contribution >= 4 is 11.8 Å². The Bertz CT molecular complexity index is 600. The molecule has 0 spiro atoms. The molecule has 0 aromatic heterocycles. The van der Waals surface area contributed by atoms with Crippen molar-refractivity contribution in [1.82, 2.24) is 0 Å². The topological polar surface area (TPSA) is 43.4 Å². The van der Waals surface area contributed by atoms with Crippen LogP contribution in [0.15, 0.2) is 34.9 Å². The lowest BCUT2D eigenvalue weighted by atomic mass is 10.1. The number of carbonyl (C=O) groups excluding carboxylic acids is 2. The Labute approximate surface area is 139 Å². The second kappa shape index (κ2) is 6.46. The first kappa shape index (κ1) is 17.7. The number of hydrogen-bond donors (Lipinski definition) is 0. The summed E-state index contributed by atoms with van der Waals surface area (Å²) in [5.41, 5.74) is 2.89. The van der Waals surface area contributed by atoms with Crippen molar-refractivity contribution in [3.05, 3.63) is 34.9 Å². The minimum atomic E-state index is -0.376. The molecular weight excluding hydrogens is 288 g/mol. The molecule has 0 unspecified atom stereocenters. The van der Waals surface area contributed by atoms with Crippen LogP contribution in [0, 0.1) is 17.3 Å². The minimum Gasteiger partial charge on any atom is -0.457 e. The average Bonchev–Trinajstić information content (AvgIpc) is 2.86. The second-order valence-electron chi connectivity index (χ2n) is 7.56. The quantitative estimate of drug-likeness (QED) is 0.558. The molecule has 3 heteroatoms. The maximum absolute atomic E-state index is 12.5. The Morgan fingerprint density at radius 1 is 1.35 bits per heavy atom. The number of rotatable bonds is 5. The fraction of sp³-hybridized carbons (Fsp3) is 0.600. The molecule has 3 nitrogen and oxygen atoms in total. The molecule has 0 heterocycles. The fourth-order valence-corrected chi connectivity index (χ4v) is 3.51. The summed E-state index contributed by atoms with van der Waals surface area (Å²) in [5.74, 6) is 0.0833. The van der Waals surface area contributed by atoms with Gasteiger partial charge in [-0.15, -0.1) is 0 Å². The number of Topliss-reactive ketones (excluding diaryl/α,β-unsaturated/α-hetero) is 1. The van der Waals surface area contributed by atoms with Gasteiger partial charge >= 0.3 is 5.97 Å². The van der Waals surface area contributed by atoms with Crippen LogP contribution in [-0.2, 0) is 14.3 Å². The summed E-state index contributed by atoms with van der Waals surface area (Å²) in [5, 5.41) is 0. The van der Waals surface area contributed by atoms with Crippen molar-refractivity contribution < 1.29 is 14.3 Å². The lowest BCUT2D eigenvalue weighted by molar-refractivity contribution is -0.150. The molecule has 0 radical (unpaired) electrons. The van der Waals surface area contributed by atoms with E-state index in [1.54, 1.807) is 0 Å². The van der Waals surface area contributed by atoms with Gasteiger partial charge < -0.3 is 4.74 Å². The molecule has 1 fully saturated rings. The standard InChI is InChI=1S/C20H28O3/c1-7-8-9-14-13(4)17(11-16(14)21)23-19(22)18-15(10-12(2)3)20(18,5)6/h7-8,10,15,17-18H,9,11H2,1-6H3/b8-7+/t15-,17-,18-/m1/s1. The molecule has 0 amide bonds. The summed E-state index contributed by atoms with van der Waals surface area (Å²) in [6, 6.07) is 0. The summed E-state index contributed by atoms with van der Waals surface area (Å²) < 4.78 is 5.70. The van der Waals surface area contributed by atoms with Crippen molar-refractivity contribution in [3.63, 3.8) is 0 Å².